The zero-order chi connectivity index (χ0) is 12.3. The van der Waals surface area contributed by atoms with Crippen LogP contribution >= 0.6 is 24.0 Å². The maximum absolute atomic E-state index is 12.9. The van der Waals surface area contributed by atoms with Gasteiger partial charge in [-0.25, -0.2) is 4.39 Å². The lowest BCUT2D eigenvalue weighted by atomic mass is 10.2. The summed E-state index contributed by atoms with van der Waals surface area (Å²) in [6.07, 6.45) is 0. The van der Waals surface area contributed by atoms with Gasteiger partial charge in [0.15, 0.2) is 0 Å². The monoisotopic (exact) mass is 287 g/mol. The van der Waals surface area contributed by atoms with Crippen LogP contribution in [0.25, 0.3) is 0 Å². The fraction of sp³-hybridized carbons (Fsp3) is 0.0769. The van der Waals surface area contributed by atoms with Crippen LogP contribution in [0.2, 0.25) is 5.02 Å². The van der Waals surface area contributed by atoms with Gasteiger partial charge in [-0.15, -0.1) is 12.4 Å². The number of nitrogens with two attached hydrogens (primary N) is 1. The second-order valence-corrected chi connectivity index (χ2v) is 4.02. The van der Waals surface area contributed by atoms with Crippen LogP contribution in [0.3, 0.4) is 0 Å². The third-order valence-corrected chi connectivity index (χ3v) is 2.53. The van der Waals surface area contributed by atoms with E-state index in [1.54, 1.807) is 30.3 Å². The fourth-order valence-electron chi connectivity index (χ4n) is 1.42. The van der Waals surface area contributed by atoms with Crippen LogP contribution in [-0.4, -0.2) is 0 Å². The van der Waals surface area contributed by atoms with E-state index >= 15 is 0 Å². The highest BCUT2D eigenvalue weighted by Gasteiger charge is 2.02. The van der Waals surface area contributed by atoms with Gasteiger partial charge in [0.25, 0.3) is 0 Å². The van der Waals surface area contributed by atoms with E-state index < -0.39 is 0 Å². The normalized spacial score (nSPS) is 9.67. The molecule has 2 nitrogen and oxygen atoms in total. The summed E-state index contributed by atoms with van der Waals surface area (Å²) >= 11 is 5.95. The van der Waals surface area contributed by atoms with Crippen LogP contribution in [0.15, 0.2) is 42.5 Å². The molecule has 0 saturated carbocycles. The molecule has 0 spiro atoms. The average molecular weight is 288 g/mol. The molecule has 2 aromatic rings. The Balaban J connectivity index is 0.00000162. The van der Waals surface area contributed by atoms with Crippen LogP contribution in [0.5, 0.6) is 5.75 Å². The quantitative estimate of drug-likeness (QED) is 0.864. The van der Waals surface area contributed by atoms with Crippen molar-refractivity contribution < 1.29 is 9.13 Å². The van der Waals surface area contributed by atoms with Crippen molar-refractivity contribution in [3.63, 3.8) is 0 Å². The van der Waals surface area contributed by atoms with E-state index in [1.807, 2.05) is 0 Å². The van der Waals surface area contributed by atoms with Crippen molar-refractivity contribution in [1.29, 1.82) is 0 Å². The van der Waals surface area contributed by atoms with Crippen LogP contribution < -0.4 is 10.5 Å². The van der Waals surface area contributed by atoms with E-state index in [1.165, 1.54) is 12.1 Å². The van der Waals surface area contributed by atoms with Gasteiger partial charge in [0.1, 0.15) is 18.2 Å². The molecule has 0 amide bonds. The summed E-state index contributed by atoms with van der Waals surface area (Å²) in [5.41, 5.74) is 6.89. The Morgan fingerprint density at radius 2 is 1.94 bits per heavy atom. The average Bonchev–Trinajstić information content (AvgIpc) is 2.28. The van der Waals surface area contributed by atoms with E-state index in [4.69, 9.17) is 22.1 Å². The molecule has 0 unspecified atom stereocenters. The molecule has 2 aromatic carbocycles. The Labute approximate surface area is 116 Å². The second-order valence-electron chi connectivity index (χ2n) is 3.61. The van der Waals surface area contributed by atoms with Crippen LogP contribution in [-0.2, 0) is 6.61 Å². The lowest BCUT2D eigenvalue weighted by Gasteiger charge is -2.08. The molecule has 0 aliphatic rings. The minimum atomic E-state index is -0.283. The molecule has 0 bridgehead atoms. The lowest BCUT2D eigenvalue weighted by molar-refractivity contribution is 0.306. The first kappa shape index (κ1) is 14.6. The van der Waals surface area contributed by atoms with Gasteiger partial charge in [0.2, 0.25) is 0 Å². The SMILES string of the molecule is Cl.Nc1ccc(OCc2cccc(F)c2)c(Cl)c1. The van der Waals surface area contributed by atoms with E-state index in [-0.39, 0.29) is 24.8 Å². The zero-order valence-electron chi connectivity index (χ0n) is 9.40. The largest absolute Gasteiger partial charge is 0.487 e. The van der Waals surface area contributed by atoms with E-state index in [9.17, 15) is 4.39 Å². The third kappa shape index (κ3) is 3.79. The molecule has 0 aliphatic heterocycles. The van der Waals surface area contributed by atoms with Gasteiger partial charge < -0.3 is 10.5 Å². The summed E-state index contributed by atoms with van der Waals surface area (Å²) in [5.74, 6) is 0.250. The van der Waals surface area contributed by atoms with Crippen LogP contribution in [0.1, 0.15) is 5.56 Å². The van der Waals surface area contributed by atoms with E-state index in [0.717, 1.165) is 5.56 Å². The van der Waals surface area contributed by atoms with Gasteiger partial charge in [0, 0.05) is 5.69 Å². The summed E-state index contributed by atoms with van der Waals surface area (Å²) in [6, 6.07) is 11.2. The summed E-state index contributed by atoms with van der Waals surface area (Å²) in [4.78, 5) is 0. The van der Waals surface area contributed by atoms with Gasteiger partial charge >= 0.3 is 0 Å². The molecule has 0 heterocycles. The molecule has 0 saturated heterocycles. The number of anilines is 1. The van der Waals surface area contributed by atoms with Crippen molar-refractivity contribution in [1.82, 2.24) is 0 Å². The number of nitrogen functional groups attached to an aromatic ring is 1. The summed E-state index contributed by atoms with van der Waals surface area (Å²) < 4.78 is 18.4. The molecular weight excluding hydrogens is 276 g/mol. The molecule has 0 fully saturated rings. The second kappa shape index (κ2) is 6.47. The first-order valence-electron chi connectivity index (χ1n) is 5.07. The van der Waals surface area contributed by atoms with E-state index in [0.29, 0.717) is 16.5 Å². The Morgan fingerprint density at radius 1 is 1.17 bits per heavy atom. The Morgan fingerprint density at radius 3 is 2.61 bits per heavy atom. The summed E-state index contributed by atoms with van der Waals surface area (Å²) in [6.45, 7) is 0.265. The molecule has 96 valence electrons. The number of hydrogen-bond acceptors (Lipinski definition) is 2. The smallest absolute Gasteiger partial charge is 0.138 e. The maximum atomic E-state index is 12.9. The molecule has 0 aromatic heterocycles. The predicted molar refractivity (Wildman–Crippen MR) is 73.8 cm³/mol. The highest BCUT2D eigenvalue weighted by molar-refractivity contribution is 6.32. The molecule has 2 N–H and O–H groups in total. The van der Waals surface area contributed by atoms with Crippen LogP contribution in [0.4, 0.5) is 10.1 Å². The first-order valence-corrected chi connectivity index (χ1v) is 5.45. The highest BCUT2D eigenvalue weighted by atomic mass is 35.5. The minimum Gasteiger partial charge on any atom is -0.487 e. The molecule has 18 heavy (non-hydrogen) atoms. The Kier molecular flexibility index (Phi) is 5.25. The van der Waals surface area contributed by atoms with Crippen molar-refractivity contribution in [3.05, 3.63) is 58.9 Å². The Bertz CT molecular complexity index is 534. The Hall–Kier alpha value is -1.45. The highest BCUT2D eigenvalue weighted by Crippen LogP contribution is 2.27. The molecule has 0 aliphatic carbocycles. The van der Waals surface area contributed by atoms with Gasteiger partial charge in [-0.2, -0.15) is 0 Å². The fourth-order valence-corrected chi connectivity index (χ4v) is 1.67. The molecular formula is C13H12Cl2FNO. The maximum Gasteiger partial charge on any atom is 0.138 e. The van der Waals surface area contributed by atoms with Crippen molar-refractivity contribution in [2.24, 2.45) is 0 Å². The van der Waals surface area contributed by atoms with Crippen molar-refractivity contribution in [3.8, 4) is 5.75 Å². The van der Waals surface area contributed by atoms with Gasteiger partial charge in [-0.3, -0.25) is 0 Å². The lowest BCUT2D eigenvalue weighted by Crippen LogP contribution is -1.97. The van der Waals surface area contributed by atoms with Crippen LogP contribution in [0, 0.1) is 5.82 Å². The number of ether oxygens (including phenoxy) is 1. The predicted octanol–water partition coefficient (Wildman–Crippen LogP) is 4.06. The minimum absolute atomic E-state index is 0. The molecule has 0 radical (unpaired) electrons. The van der Waals surface area contributed by atoms with Crippen molar-refractivity contribution >= 4 is 29.7 Å². The number of hydrogen-bond donors (Lipinski definition) is 1. The molecule has 5 heteroatoms. The van der Waals surface area contributed by atoms with E-state index in [2.05, 4.69) is 0 Å². The summed E-state index contributed by atoms with van der Waals surface area (Å²) in [5, 5.41) is 0.446. The van der Waals surface area contributed by atoms with Crippen molar-refractivity contribution in [2.75, 3.05) is 5.73 Å². The third-order valence-electron chi connectivity index (χ3n) is 2.24. The number of benzene rings is 2. The van der Waals surface area contributed by atoms with Gasteiger partial charge in [0.05, 0.1) is 5.02 Å². The number of rotatable bonds is 3. The van der Waals surface area contributed by atoms with Gasteiger partial charge in [-0.05, 0) is 35.9 Å². The molecule has 0 atom stereocenters. The summed E-state index contributed by atoms with van der Waals surface area (Å²) in [7, 11) is 0. The van der Waals surface area contributed by atoms with Gasteiger partial charge in [-0.1, -0.05) is 23.7 Å². The number of halogens is 3. The first-order chi connectivity index (χ1) is 8.15. The topological polar surface area (TPSA) is 35.2 Å². The standard InChI is InChI=1S/C13H11ClFNO.ClH/c14-12-7-11(16)4-5-13(12)17-8-9-2-1-3-10(15)6-9;/h1-7H,8,16H2;1H. The van der Waals surface area contributed by atoms with Crippen molar-refractivity contribution in [2.45, 2.75) is 6.61 Å². The molecule has 2 rings (SSSR count). The zero-order valence-corrected chi connectivity index (χ0v) is 11.0.